The molecular formula is C15H18F2N2O2. The Bertz CT molecular complexity index is 532. The van der Waals surface area contributed by atoms with E-state index in [2.05, 4.69) is 0 Å². The number of aliphatic hydroxyl groups is 1. The number of amides is 1. The molecule has 1 aromatic rings. The lowest BCUT2D eigenvalue weighted by molar-refractivity contribution is -0.121. The first-order chi connectivity index (χ1) is 10.1. The summed E-state index contributed by atoms with van der Waals surface area (Å²) in [6.07, 6.45) is 1.42. The molecule has 2 atom stereocenters. The zero-order valence-corrected chi connectivity index (χ0v) is 11.6. The van der Waals surface area contributed by atoms with Gasteiger partial charge in [-0.15, -0.1) is 0 Å². The predicted molar refractivity (Wildman–Crippen MR) is 73.9 cm³/mol. The molecule has 0 bridgehead atoms. The Hall–Kier alpha value is -1.53. The summed E-state index contributed by atoms with van der Waals surface area (Å²) in [7, 11) is 0. The lowest BCUT2D eigenvalue weighted by Gasteiger charge is -2.23. The maximum Gasteiger partial charge on any atom is 0.244 e. The van der Waals surface area contributed by atoms with Crippen LogP contribution in [0.3, 0.4) is 0 Å². The van der Waals surface area contributed by atoms with Crippen LogP contribution in [0.2, 0.25) is 0 Å². The number of hydrogen-bond donors (Lipinski definition) is 1. The molecule has 0 aliphatic carbocycles. The molecule has 1 amide bonds. The molecule has 21 heavy (non-hydrogen) atoms. The number of halogens is 2. The highest BCUT2D eigenvalue weighted by molar-refractivity contribution is 5.99. The third-order valence-corrected chi connectivity index (χ3v) is 4.40. The van der Waals surface area contributed by atoms with E-state index in [0.29, 0.717) is 19.5 Å². The van der Waals surface area contributed by atoms with Gasteiger partial charge in [0.25, 0.3) is 0 Å². The number of anilines is 1. The number of carbonyl (C=O) groups is 1. The first-order valence-electron chi connectivity index (χ1n) is 7.22. The van der Waals surface area contributed by atoms with Crippen molar-refractivity contribution < 1.29 is 18.7 Å². The molecule has 2 aliphatic heterocycles. The number of likely N-dealkylation sites (tertiary alicyclic amines) is 1. The molecule has 0 saturated carbocycles. The Morgan fingerprint density at radius 2 is 1.90 bits per heavy atom. The van der Waals surface area contributed by atoms with Crippen molar-refractivity contribution in [1.82, 2.24) is 4.90 Å². The maximum atomic E-state index is 13.8. The van der Waals surface area contributed by atoms with Crippen molar-refractivity contribution in [1.29, 1.82) is 0 Å². The fourth-order valence-corrected chi connectivity index (χ4v) is 3.27. The van der Waals surface area contributed by atoms with Crippen LogP contribution in [0.5, 0.6) is 0 Å². The minimum atomic E-state index is -0.710. The van der Waals surface area contributed by atoms with Crippen LogP contribution >= 0.6 is 0 Å². The summed E-state index contributed by atoms with van der Waals surface area (Å²) >= 11 is 0. The predicted octanol–water partition coefficient (Wildman–Crippen LogP) is 1.38. The van der Waals surface area contributed by atoms with E-state index in [1.165, 1.54) is 11.0 Å². The van der Waals surface area contributed by atoms with Gasteiger partial charge in [0.15, 0.2) is 0 Å². The van der Waals surface area contributed by atoms with E-state index in [-0.39, 0.29) is 30.2 Å². The van der Waals surface area contributed by atoms with Crippen LogP contribution in [0.25, 0.3) is 0 Å². The van der Waals surface area contributed by atoms with Crippen molar-refractivity contribution in [2.75, 3.05) is 31.1 Å². The van der Waals surface area contributed by atoms with Crippen LogP contribution < -0.4 is 4.90 Å². The van der Waals surface area contributed by atoms with E-state index >= 15 is 0 Å². The topological polar surface area (TPSA) is 43.8 Å². The average Bonchev–Trinajstić information content (AvgIpc) is 3.06. The smallest absolute Gasteiger partial charge is 0.244 e. The maximum absolute atomic E-state index is 13.8. The van der Waals surface area contributed by atoms with E-state index in [1.807, 2.05) is 4.90 Å². The van der Waals surface area contributed by atoms with Crippen molar-refractivity contribution in [3.05, 3.63) is 29.8 Å². The molecule has 0 spiro atoms. The second kappa shape index (κ2) is 5.69. The highest BCUT2D eigenvalue weighted by atomic mass is 19.1. The van der Waals surface area contributed by atoms with Gasteiger partial charge in [0, 0.05) is 19.7 Å². The molecule has 1 aromatic carbocycles. The summed E-state index contributed by atoms with van der Waals surface area (Å²) in [6, 6.07) is 3.28. The van der Waals surface area contributed by atoms with Crippen LogP contribution in [-0.4, -0.2) is 48.2 Å². The first kappa shape index (κ1) is 14.4. The molecule has 114 valence electrons. The molecule has 2 aliphatic rings. The van der Waals surface area contributed by atoms with Gasteiger partial charge in [-0.1, -0.05) is 6.07 Å². The number of benzene rings is 1. The summed E-state index contributed by atoms with van der Waals surface area (Å²) in [5.41, 5.74) is -0.247. The molecule has 2 fully saturated rings. The van der Waals surface area contributed by atoms with Gasteiger partial charge in [-0.2, -0.15) is 0 Å². The Labute approximate surface area is 122 Å². The van der Waals surface area contributed by atoms with Crippen LogP contribution in [0.1, 0.15) is 12.8 Å². The van der Waals surface area contributed by atoms with Gasteiger partial charge in [0.1, 0.15) is 17.3 Å². The fourth-order valence-electron chi connectivity index (χ4n) is 3.27. The molecular weight excluding hydrogens is 278 g/mol. The lowest BCUT2D eigenvalue weighted by atomic mass is 10.1. The summed E-state index contributed by atoms with van der Waals surface area (Å²) in [4.78, 5) is 15.7. The molecule has 1 N–H and O–H groups in total. The van der Waals surface area contributed by atoms with E-state index in [4.69, 9.17) is 0 Å². The average molecular weight is 296 g/mol. The van der Waals surface area contributed by atoms with Gasteiger partial charge in [-0.25, -0.2) is 8.78 Å². The van der Waals surface area contributed by atoms with Crippen molar-refractivity contribution >= 4 is 11.6 Å². The van der Waals surface area contributed by atoms with Gasteiger partial charge in [-0.3, -0.25) is 9.69 Å². The molecule has 2 unspecified atom stereocenters. The Kier molecular flexibility index (Phi) is 3.91. The molecule has 0 aromatic heterocycles. The minimum Gasteiger partial charge on any atom is -0.396 e. The van der Waals surface area contributed by atoms with Gasteiger partial charge in [0.05, 0.1) is 6.04 Å². The van der Waals surface area contributed by atoms with Gasteiger partial charge in [0.2, 0.25) is 5.91 Å². The SMILES string of the molecule is O=C1C(N2CCC(CO)C2)CCN1c1c(F)cccc1F. The van der Waals surface area contributed by atoms with Gasteiger partial charge >= 0.3 is 0 Å². The van der Waals surface area contributed by atoms with E-state index < -0.39 is 11.6 Å². The van der Waals surface area contributed by atoms with Crippen molar-refractivity contribution in [2.24, 2.45) is 5.92 Å². The van der Waals surface area contributed by atoms with Gasteiger partial charge < -0.3 is 10.0 Å². The zero-order chi connectivity index (χ0) is 15.0. The van der Waals surface area contributed by atoms with Gasteiger partial charge in [-0.05, 0) is 37.4 Å². The number of carbonyl (C=O) groups excluding carboxylic acids is 1. The molecule has 2 saturated heterocycles. The third-order valence-electron chi connectivity index (χ3n) is 4.40. The highest BCUT2D eigenvalue weighted by Crippen LogP contribution is 2.31. The van der Waals surface area contributed by atoms with Crippen molar-refractivity contribution in [3.63, 3.8) is 0 Å². The molecule has 6 heteroatoms. The highest BCUT2D eigenvalue weighted by Gasteiger charge is 2.40. The van der Waals surface area contributed by atoms with E-state index in [0.717, 1.165) is 25.1 Å². The third kappa shape index (κ3) is 2.53. The van der Waals surface area contributed by atoms with E-state index in [9.17, 15) is 18.7 Å². The minimum absolute atomic E-state index is 0.114. The summed E-state index contributed by atoms with van der Waals surface area (Å²) in [5.74, 6) is -1.48. The number of aliphatic hydroxyl groups excluding tert-OH is 1. The number of para-hydroxylation sites is 1. The number of hydrogen-bond acceptors (Lipinski definition) is 3. The van der Waals surface area contributed by atoms with Crippen LogP contribution in [-0.2, 0) is 4.79 Å². The van der Waals surface area contributed by atoms with Crippen LogP contribution in [0, 0.1) is 17.6 Å². The number of nitrogens with zero attached hydrogens (tertiary/aromatic N) is 2. The van der Waals surface area contributed by atoms with Crippen molar-refractivity contribution in [3.8, 4) is 0 Å². The van der Waals surface area contributed by atoms with E-state index in [1.54, 1.807) is 0 Å². The largest absolute Gasteiger partial charge is 0.396 e. The molecule has 0 radical (unpaired) electrons. The normalized spacial score (nSPS) is 26.8. The summed E-state index contributed by atoms with van der Waals surface area (Å²) in [5, 5.41) is 9.17. The zero-order valence-electron chi connectivity index (χ0n) is 11.6. The summed E-state index contributed by atoms with van der Waals surface area (Å²) in [6.45, 7) is 1.85. The van der Waals surface area contributed by atoms with Crippen molar-refractivity contribution in [2.45, 2.75) is 18.9 Å². The summed E-state index contributed by atoms with van der Waals surface area (Å²) < 4.78 is 27.6. The molecule has 3 rings (SSSR count). The fraction of sp³-hybridized carbons (Fsp3) is 0.533. The molecule has 4 nitrogen and oxygen atoms in total. The Morgan fingerprint density at radius 1 is 1.19 bits per heavy atom. The Balaban J connectivity index is 1.78. The van der Waals surface area contributed by atoms with Crippen LogP contribution in [0.15, 0.2) is 18.2 Å². The Morgan fingerprint density at radius 3 is 2.52 bits per heavy atom. The monoisotopic (exact) mass is 296 g/mol. The lowest BCUT2D eigenvalue weighted by Crippen LogP contribution is -2.41. The standard InChI is InChI=1S/C15H18F2N2O2/c16-11-2-1-3-12(17)14(11)19-7-5-13(15(19)21)18-6-4-10(8-18)9-20/h1-3,10,13,20H,4-9H2. The van der Waals surface area contributed by atoms with Crippen LogP contribution in [0.4, 0.5) is 14.5 Å². The number of rotatable bonds is 3. The second-order valence-corrected chi connectivity index (χ2v) is 5.70. The first-order valence-corrected chi connectivity index (χ1v) is 7.22. The second-order valence-electron chi connectivity index (χ2n) is 5.70. The molecule has 2 heterocycles. The quantitative estimate of drug-likeness (QED) is 0.916.